The smallest absolute Gasteiger partial charge is 0.233 e. The normalized spacial score (nSPS) is 22.3. The van der Waals surface area contributed by atoms with Gasteiger partial charge in [0.1, 0.15) is 5.82 Å². The molecule has 1 saturated carbocycles. The van der Waals surface area contributed by atoms with Gasteiger partial charge in [0, 0.05) is 29.4 Å². The molecule has 5 rings (SSSR count). The molecule has 2 aromatic rings. The highest BCUT2D eigenvalue weighted by Gasteiger charge is 2.48. The van der Waals surface area contributed by atoms with Crippen molar-refractivity contribution < 1.29 is 14.3 Å². The first-order valence-electron chi connectivity index (χ1n) is 11.2. The monoisotopic (exact) mass is 442 g/mol. The molecule has 1 spiro atoms. The second kappa shape index (κ2) is 8.19. The lowest BCUT2D eigenvalue weighted by Gasteiger charge is -2.38. The van der Waals surface area contributed by atoms with Gasteiger partial charge in [-0.3, -0.25) is 4.79 Å². The van der Waals surface area contributed by atoms with Gasteiger partial charge in [-0.25, -0.2) is 4.39 Å². The standard InChI is InChI=1S/C25H28ClFN2O2/c26-20-2-1-3-21(27)23(20)22(30)16-28-13-10-25(11-14-28)12-15-29(24(25)31)19-8-6-18(7-9-19)17-4-5-17/h1-3,6-9,17,22,30H,4-5,10-16H2. The summed E-state index contributed by atoms with van der Waals surface area (Å²) in [5, 5.41) is 10.8. The molecule has 1 amide bonds. The molecule has 1 unspecified atom stereocenters. The third-order valence-electron chi connectivity index (χ3n) is 7.34. The number of hydrogen-bond acceptors (Lipinski definition) is 3. The van der Waals surface area contributed by atoms with Crippen LogP contribution in [0.4, 0.5) is 10.1 Å². The molecule has 0 aromatic heterocycles. The van der Waals surface area contributed by atoms with Crippen molar-refractivity contribution in [1.29, 1.82) is 0 Å². The molecule has 2 aliphatic heterocycles. The predicted octanol–water partition coefficient (Wildman–Crippen LogP) is 4.91. The van der Waals surface area contributed by atoms with Crippen molar-refractivity contribution in [2.75, 3.05) is 31.1 Å². The molecule has 2 saturated heterocycles. The number of β-amino-alcohol motifs (C(OH)–C–C–N with tert-alkyl or cyclic N) is 1. The fourth-order valence-electron chi connectivity index (χ4n) is 5.20. The number of carbonyl (C=O) groups is 1. The van der Waals surface area contributed by atoms with Crippen molar-refractivity contribution in [2.24, 2.45) is 5.41 Å². The Kier molecular flexibility index (Phi) is 5.53. The molecule has 0 radical (unpaired) electrons. The van der Waals surface area contributed by atoms with E-state index in [1.807, 2.05) is 4.90 Å². The second-order valence-corrected chi connectivity index (χ2v) is 9.71. The minimum Gasteiger partial charge on any atom is -0.387 e. The molecular weight excluding hydrogens is 415 g/mol. The average Bonchev–Trinajstić information content (AvgIpc) is 3.56. The molecule has 164 valence electrons. The van der Waals surface area contributed by atoms with Crippen LogP contribution in [0, 0.1) is 11.2 Å². The summed E-state index contributed by atoms with van der Waals surface area (Å²) < 4.78 is 14.1. The number of aliphatic hydroxyl groups excluding tert-OH is 1. The number of amides is 1. The fraction of sp³-hybridized carbons (Fsp3) is 0.480. The van der Waals surface area contributed by atoms with E-state index in [2.05, 4.69) is 29.2 Å². The van der Waals surface area contributed by atoms with Crippen molar-refractivity contribution in [3.05, 3.63) is 64.4 Å². The highest BCUT2D eigenvalue weighted by Crippen LogP contribution is 2.44. The summed E-state index contributed by atoms with van der Waals surface area (Å²) in [4.78, 5) is 17.4. The lowest BCUT2D eigenvalue weighted by molar-refractivity contribution is -0.128. The summed E-state index contributed by atoms with van der Waals surface area (Å²) in [6.45, 7) is 2.50. The zero-order valence-electron chi connectivity index (χ0n) is 17.6. The molecule has 1 N–H and O–H groups in total. The number of hydrogen-bond donors (Lipinski definition) is 1. The summed E-state index contributed by atoms with van der Waals surface area (Å²) in [6.07, 6.45) is 3.97. The van der Waals surface area contributed by atoms with Crippen molar-refractivity contribution in [3.8, 4) is 0 Å². The Labute approximate surface area is 187 Å². The maximum absolute atomic E-state index is 14.1. The van der Waals surface area contributed by atoms with E-state index in [9.17, 15) is 14.3 Å². The number of aliphatic hydroxyl groups is 1. The van der Waals surface area contributed by atoms with Gasteiger partial charge in [-0.15, -0.1) is 0 Å². The number of benzene rings is 2. The van der Waals surface area contributed by atoms with Crippen molar-refractivity contribution >= 4 is 23.2 Å². The van der Waals surface area contributed by atoms with Gasteiger partial charge in [0.05, 0.1) is 11.5 Å². The Hall–Kier alpha value is -1.95. The lowest BCUT2D eigenvalue weighted by atomic mass is 9.77. The molecule has 6 heteroatoms. The van der Waals surface area contributed by atoms with Gasteiger partial charge in [-0.05, 0) is 80.9 Å². The number of likely N-dealkylation sites (tertiary alicyclic amines) is 1. The van der Waals surface area contributed by atoms with E-state index < -0.39 is 11.9 Å². The van der Waals surface area contributed by atoms with Gasteiger partial charge in [-0.1, -0.05) is 29.8 Å². The molecular formula is C25H28ClFN2O2. The zero-order chi connectivity index (χ0) is 21.6. The highest BCUT2D eigenvalue weighted by molar-refractivity contribution is 6.31. The second-order valence-electron chi connectivity index (χ2n) is 9.30. The van der Waals surface area contributed by atoms with E-state index in [0.29, 0.717) is 25.6 Å². The zero-order valence-corrected chi connectivity index (χ0v) is 18.3. The number of carbonyl (C=O) groups excluding carboxylic acids is 1. The maximum Gasteiger partial charge on any atom is 0.233 e. The van der Waals surface area contributed by atoms with Crippen LogP contribution in [0.5, 0.6) is 0 Å². The molecule has 31 heavy (non-hydrogen) atoms. The van der Waals surface area contributed by atoms with E-state index in [4.69, 9.17) is 11.6 Å². The molecule has 3 fully saturated rings. The maximum atomic E-state index is 14.1. The first-order valence-corrected chi connectivity index (χ1v) is 11.6. The molecule has 2 heterocycles. The number of nitrogens with zero attached hydrogens (tertiary/aromatic N) is 2. The van der Waals surface area contributed by atoms with Crippen LogP contribution >= 0.6 is 11.6 Å². The third-order valence-corrected chi connectivity index (χ3v) is 7.67. The van der Waals surface area contributed by atoms with Crippen LogP contribution in [-0.2, 0) is 4.79 Å². The van der Waals surface area contributed by atoms with Crippen LogP contribution in [0.2, 0.25) is 5.02 Å². The van der Waals surface area contributed by atoms with Gasteiger partial charge in [-0.2, -0.15) is 0 Å². The topological polar surface area (TPSA) is 43.8 Å². The van der Waals surface area contributed by atoms with Crippen LogP contribution in [0.1, 0.15) is 55.3 Å². The molecule has 1 atom stereocenters. The highest BCUT2D eigenvalue weighted by atomic mass is 35.5. The molecule has 4 nitrogen and oxygen atoms in total. The first kappa shape index (κ1) is 20.9. The SMILES string of the molecule is O=C1N(c2ccc(C3CC3)cc2)CCC12CCN(CC(O)c1c(F)cccc1Cl)CC2. The summed E-state index contributed by atoms with van der Waals surface area (Å²) in [5.74, 6) is 0.459. The van der Waals surface area contributed by atoms with E-state index in [-0.39, 0.29) is 21.9 Å². The van der Waals surface area contributed by atoms with Gasteiger partial charge < -0.3 is 14.9 Å². The van der Waals surface area contributed by atoms with E-state index >= 15 is 0 Å². The lowest BCUT2D eigenvalue weighted by Crippen LogP contribution is -2.45. The number of anilines is 1. The Balaban J connectivity index is 1.21. The minimum atomic E-state index is -0.983. The fourth-order valence-corrected chi connectivity index (χ4v) is 5.49. The third kappa shape index (κ3) is 3.99. The van der Waals surface area contributed by atoms with Crippen LogP contribution in [0.3, 0.4) is 0 Å². The average molecular weight is 443 g/mol. The Morgan fingerprint density at radius 2 is 1.74 bits per heavy atom. The Morgan fingerprint density at radius 3 is 2.39 bits per heavy atom. The summed E-state index contributed by atoms with van der Waals surface area (Å²) in [7, 11) is 0. The Bertz CT molecular complexity index is 948. The van der Waals surface area contributed by atoms with E-state index in [0.717, 1.165) is 31.5 Å². The Morgan fingerprint density at radius 1 is 1.06 bits per heavy atom. The summed E-state index contributed by atoms with van der Waals surface area (Å²) in [5.41, 5.74) is 2.22. The number of halogens is 2. The van der Waals surface area contributed by atoms with Gasteiger partial charge in [0.2, 0.25) is 5.91 Å². The van der Waals surface area contributed by atoms with Gasteiger partial charge >= 0.3 is 0 Å². The van der Waals surface area contributed by atoms with Gasteiger partial charge in [0.25, 0.3) is 0 Å². The molecule has 3 aliphatic rings. The van der Waals surface area contributed by atoms with E-state index in [1.54, 1.807) is 6.07 Å². The largest absolute Gasteiger partial charge is 0.387 e. The summed E-state index contributed by atoms with van der Waals surface area (Å²) in [6, 6.07) is 13.0. The van der Waals surface area contributed by atoms with Crippen LogP contribution in [0.25, 0.3) is 0 Å². The van der Waals surface area contributed by atoms with E-state index in [1.165, 1.54) is 30.5 Å². The number of rotatable bonds is 5. The number of piperidine rings is 1. The summed E-state index contributed by atoms with van der Waals surface area (Å²) >= 11 is 6.10. The van der Waals surface area contributed by atoms with Crippen LogP contribution < -0.4 is 4.90 Å². The molecule has 0 bridgehead atoms. The first-order chi connectivity index (χ1) is 15.0. The molecule has 2 aromatic carbocycles. The predicted molar refractivity (Wildman–Crippen MR) is 120 cm³/mol. The minimum absolute atomic E-state index is 0.155. The van der Waals surface area contributed by atoms with Crippen molar-refractivity contribution in [1.82, 2.24) is 4.90 Å². The van der Waals surface area contributed by atoms with Gasteiger partial charge in [0.15, 0.2) is 0 Å². The quantitative estimate of drug-likeness (QED) is 0.715. The van der Waals surface area contributed by atoms with Crippen molar-refractivity contribution in [3.63, 3.8) is 0 Å². The van der Waals surface area contributed by atoms with Crippen LogP contribution in [0.15, 0.2) is 42.5 Å². The van der Waals surface area contributed by atoms with Crippen molar-refractivity contribution in [2.45, 2.75) is 44.1 Å². The molecule has 1 aliphatic carbocycles. The van der Waals surface area contributed by atoms with Crippen LogP contribution in [-0.4, -0.2) is 42.1 Å².